The van der Waals surface area contributed by atoms with Gasteiger partial charge in [-0.3, -0.25) is 4.79 Å². The zero-order chi connectivity index (χ0) is 17.7. The van der Waals surface area contributed by atoms with E-state index in [2.05, 4.69) is 0 Å². The second kappa shape index (κ2) is 8.32. The minimum Gasteiger partial charge on any atom is -0.343 e. The van der Waals surface area contributed by atoms with Gasteiger partial charge in [0.1, 0.15) is 0 Å². The van der Waals surface area contributed by atoms with Crippen LogP contribution < -0.4 is 0 Å². The fourth-order valence-electron chi connectivity index (χ4n) is 3.27. The van der Waals surface area contributed by atoms with E-state index in [0.29, 0.717) is 50.3 Å². The molecule has 1 aliphatic rings. The van der Waals surface area contributed by atoms with Gasteiger partial charge in [-0.15, -0.1) is 0 Å². The van der Waals surface area contributed by atoms with Crippen molar-refractivity contribution in [2.75, 3.05) is 25.9 Å². The van der Waals surface area contributed by atoms with Gasteiger partial charge in [-0.25, -0.2) is 8.42 Å². The Kier molecular flexibility index (Phi) is 6.66. The second-order valence-corrected chi connectivity index (χ2v) is 8.58. The van der Waals surface area contributed by atoms with Crippen molar-refractivity contribution < 1.29 is 13.2 Å². The maximum atomic E-state index is 12.4. The van der Waals surface area contributed by atoms with E-state index in [1.807, 2.05) is 36.1 Å². The summed E-state index contributed by atoms with van der Waals surface area (Å²) in [5.74, 6) is 0.121. The van der Waals surface area contributed by atoms with Crippen molar-refractivity contribution in [3.63, 3.8) is 0 Å². The lowest BCUT2D eigenvalue weighted by Gasteiger charge is -2.37. The molecule has 7 heteroatoms. The Labute approximate surface area is 149 Å². The maximum Gasteiger partial charge on any atom is 0.222 e. The number of aryl methyl sites for hydroxylation is 1. The Hall–Kier alpha value is -1.11. The molecule has 1 amide bonds. The molecule has 134 valence electrons. The van der Waals surface area contributed by atoms with Crippen molar-refractivity contribution in [1.29, 1.82) is 0 Å². The smallest absolute Gasteiger partial charge is 0.222 e. The highest BCUT2D eigenvalue weighted by atomic mass is 35.5. The first-order chi connectivity index (χ1) is 11.3. The molecule has 1 aromatic carbocycles. The van der Waals surface area contributed by atoms with Crippen LogP contribution >= 0.6 is 11.6 Å². The highest BCUT2D eigenvalue weighted by Crippen LogP contribution is 2.20. The number of piperidine rings is 1. The van der Waals surface area contributed by atoms with Gasteiger partial charge in [0.05, 0.1) is 6.26 Å². The first-order valence-electron chi connectivity index (χ1n) is 8.30. The fourth-order valence-corrected chi connectivity index (χ4v) is 4.70. The van der Waals surface area contributed by atoms with Gasteiger partial charge in [-0.05, 0) is 37.0 Å². The Balaban J connectivity index is 1.84. The minimum absolute atomic E-state index is 0.00183. The highest BCUT2D eigenvalue weighted by molar-refractivity contribution is 7.88. The Morgan fingerprint density at radius 2 is 2.00 bits per heavy atom. The number of nitrogens with zero attached hydrogens (tertiary/aromatic N) is 2. The summed E-state index contributed by atoms with van der Waals surface area (Å²) < 4.78 is 25.1. The number of rotatable bonds is 6. The lowest BCUT2D eigenvalue weighted by atomic mass is 10.0. The number of hydrogen-bond donors (Lipinski definition) is 0. The van der Waals surface area contributed by atoms with Gasteiger partial charge in [0.25, 0.3) is 0 Å². The summed E-state index contributed by atoms with van der Waals surface area (Å²) in [7, 11) is -3.19. The van der Waals surface area contributed by atoms with Crippen LogP contribution in [0.4, 0.5) is 0 Å². The van der Waals surface area contributed by atoms with Crippen LogP contribution in [-0.4, -0.2) is 55.5 Å². The molecule has 0 aliphatic carbocycles. The molecule has 5 nitrogen and oxygen atoms in total. The third-order valence-electron chi connectivity index (χ3n) is 4.48. The van der Waals surface area contributed by atoms with Crippen LogP contribution in [0.15, 0.2) is 24.3 Å². The first kappa shape index (κ1) is 19.2. The third kappa shape index (κ3) is 5.19. The molecule has 24 heavy (non-hydrogen) atoms. The largest absolute Gasteiger partial charge is 0.343 e. The Morgan fingerprint density at radius 3 is 2.54 bits per heavy atom. The summed E-state index contributed by atoms with van der Waals surface area (Å²) in [5, 5.41) is 0.682. The van der Waals surface area contributed by atoms with Gasteiger partial charge in [0, 0.05) is 37.1 Å². The molecule has 1 aliphatic heterocycles. The van der Waals surface area contributed by atoms with Crippen LogP contribution in [-0.2, 0) is 21.2 Å². The topological polar surface area (TPSA) is 57.7 Å². The fraction of sp³-hybridized carbons (Fsp3) is 0.588. The SMILES string of the molecule is CCN(C1CCN(C(=O)CCc2cccc(Cl)c2)CC1)S(C)(=O)=O. The zero-order valence-corrected chi connectivity index (χ0v) is 15.8. The van der Waals surface area contributed by atoms with E-state index in [4.69, 9.17) is 11.6 Å². The monoisotopic (exact) mass is 372 g/mol. The molecule has 1 fully saturated rings. The molecule has 0 atom stereocenters. The minimum atomic E-state index is -3.19. The predicted molar refractivity (Wildman–Crippen MR) is 96.6 cm³/mol. The van der Waals surface area contributed by atoms with Gasteiger partial charge in [0.2, 0.25) is 15.9 Å². The van der Waals surface area contributed by atoms with Crippen LogP contribution in [0.2, 0.25) is 5.02 Å². The second-order valence-electron chi connectivity index (χ2n) is 6.21. The number of hydrogen-bond acceptors (Lipinski definition) is 3. The van der Waals surface area contributed by atoms with E-state index >= 15 is 0 Å². The number of benzene rings is 1. The zero-order valence-electron chi connectivity index (χ0n) is 14.2. The van der Waals surface area contributed by atoms with Crippen molar-refractivity contribution >= 4 is 27.5 Å². The predicted octanol–water partition coefficient (Wildman–Crippen LogP) is 2.55. The van der Waals surface area contributed by atoms with E-state index in [1.54, 1.807) is 4.31 Å². The van der Waals surface area contributed by atoms with Crippen LogP contribution in [0.25, 0.3) is 0 Å². The number of sulfonamides is 1. The summed E-state index contributed by atoms with van der Waals surface area (Å²) in [6.45, 7) is 3.56. The average Bonchev–Trinajstić information content (AvgIpc) is 2.53. The molecule has 0 unspecified atom stereocenters. The van der Waals surface area contributed by atoms with Gasteiger partial charge in [-0.1, -0.05) is 30.7 Å². The van der Waals surface area contributed by atoms with Crippen molar-refractivity contribution in [2.24, 2.45) is 0 Å². The summed E-state index contributed by atoms with van der Waals surface area (Å²) in [5.41, 5.74) is 1.06. The van der Waals surface area contributed by atoms with Crippen LogP contribution in [0.1, 0.15) is 31.7 Å². The van der Waals surface area contributed by atoms with Gasteiger partial charge < -0.3 is 4.90 Å². The number of likely N-dealkylation sites (tertiary alicyclic amines) is 1. The third-order valence-corrected chi connectivity index (χ3v) is 6.12. The molecule has 0 radical (unpaired) electrons. The van der Waals surface area contributed by atoms with Crippen molar-refractivity contribution in [3.05, 3.63) is 34.9 Å². The van der Waals surface area contributed by atoms with Crippen LogP contribution in [0.5, 0.6) is 0 Å². The molecule has 0 N–H and O–H groups in total. The highest BCUT2D eigenvalue weighted by Gasteiger charge is 2.30. The van der Waals surface area contributed by atoms with E-state index in [9.17, 15) is 13.2 Å². The van der Waals surface area contributed by atoms with E-state index in [1.165, 1.54) is 6.26 Å². The Morgan fingerprint density at radius 1 is 1.33 bits per heavy atom. The summed E-state index contributed by atoms with van der Waals surface area (Å²) in [6, 6.07) is 7.56. The number of halogens is 1. The molecule has 1 saturated heterocycles. The quantitative estimate of drug-likeness (QED) is 0.771. The van der Waals surface area contributed by atoms with Crippen molar-refractivity contribution in [1.82, 2.24) is 9.21 Å². The van der Waals surface area contributed by atoms with Crippen LogP contribution in [0, 0.1) is 0 Å². The number of carbonyl (C=O) groups excluding carboxylic acids is 1. The number of amides is 1. The maximum absolute atomic E-state index is 12.4. The molecular formula is C17H25ClN2O3S. The molecular weight excluding hydrogens is 348 g/mol. The molecule has 0 saturated carbocycles. The van der Waals surface area contributed by atoms with Gasteiger partial charge >= 0.3 is 0 Å². The van der Waals surface area contributed by atoms with Gasteiger partial charge in [-0.2, -0.15) is 4.31 Å². The Bertz CT molecular complexity index is 670. The lowest BCUT2D eigenvalue weighted by molar-refractivity contribution is -0.132. The van der Waals surface area contributed by atoms with E-state index < -0.39 is 10.0 Å². The van der Waals surface area contributed by atoms with Crippen molar-refractivity contribution in [2.45, 2.75) is 38.6 Å². The van der Waals surface area contributed by atoms with Crippen LogP contribution in [0.3, 0.4) is 0 Å². The molecule has 1 aromatic rings. The van der Waals surface area contributed by atoms with E-state index in [0.717, 1.165) is 5.56 Å². The molecule has 0 bridgehead atoms. The molecule has 0 spiro atoms. The molecule has 2 rings (SSSR count). The summed E-state index contributed by atoms with van der Waals surface area (Å²) >= 11 is 5.96. The van der Waals surface area contributed by atoms with Gasteiger partial charge in [0.15, 0.2) is 0 Å². The first-order valence-corrected chi connectivity index (χ1v) is 10.5. The summed E-state index contributed by atoms with van der Waals surface area (Å²) in [4.78, 5) is 14.2. The normalized spacial score (nSPS) is 16.6. The van der Waals surface area contributed by atoms with E-state index in [-0.39, 0.29) is 11.9 Å². The molecule has 0 aromatic heterocycles. The molecule has 1 heterocycles. The number of carbonyl (C=O) groups is 1. The summed E-state index contributed by atoms with van der Waals surface area (Å²) in [6.07, 6.45) is 3.77. The lowest BCUT2D eigenvalue weighted by Crippen LogP contribution is -2.48. The average molecular weight is 373 g/mol. The van der Waals surface area contributed by atoms with Crippen molar-refractivity contribution in [3.8, 4) is 0 Å². The standard InChI is InChI=1S/C17H25ClN2O3S/c1-3-20(24(2,22)23)16-9-11-19(12-10-16)17(21)8-7-14-5-4-6-15(18)13-14/h4-6,13,16H,3,7-12H2,1-2H3.